The molecule has 0 radical (unpaired) electrons. The lowest BCUT2D eigenvalue weighted by Gasteiger charge is -2.12. The van der Waals surface area contributed by atoms with Gasteiger partial charge in [-0.2, -0.15) is 55.3 Å². The van der Waals surface area contributed by atoms with Gasteiger partial charge in [-0.05, 0) is 0 Å². The van der Waals surface area contributed by atoms with Crippen LogP contribution in [0, 0.1) is 0 Å². The van der Waals surface area contributed by atoms with Crippen LogP contribution in [0.4, 0.5) is 0 Å². The van der Waals surface area contributed by atoms with Gasteiger partial charge in [0.2, 0.25) is 0 Å². The Kier molecular flexibility index (Phi) is 12.1. The lowest BCUT2D eigenvalue weighted by molar-refractivity contribution is 0.226. The smallest absolute Gasteiger partial charge is 0.00850 e. The molecule has 0 unspecified atom stereocenters. The largest absolute Gasteiger partial charge is 0.257 e. The molecule has 0 atom stereocenters. The Bertz CT molecular complexity index is 82.3. The first kappa shape index (κ1) is 13.5. The van der Waals surface area contributed by atoms with Gasteiger partial charge >= 0.3 is 0 Å². The summed E-state index contributed by atoms with van der Waals surface area (Å²) in [7, 11) is 0. The molecule has 86 valence electrons. The lowest BCUT2D eigenvalue weighted by atomic mass is 10.8. The fraction of sp³-hybridized carbons (Fsp3) is 1.00. The van der Waals surface area contributed by atoms with Crippen LogP contribution in [0.25, 0.3) is 0 Å². The second-order valence-electron chi connectivity index (χ2n) is 1.80. The fourth-order valence-corrected chi connectivity index (χ4v) is 0.387. The molecule has 0 aromatic rings. The average molecular weight is 210 g/mol. The first-order valence-corrected chi connectivity index (χ1v) is 3.85. The van der Waals surface area contributed by atoms with Crippen LogP contribution >= 0.6 is 0 Å². The molecule has 12 nitrogen and oxygen atoms in total. The Morgan fingerprint density at radius 2 is 1.14 bits per heavy atom. The van der Waals surface area contributed by atoms with Crippen LogP contribution in [0.3, 0.4) is 0 Å². The third-order valence-electron chi connectivity index (χ3n) is 0.837. The molecule has 13 N–H and O–H groups in total. The van der Waals surface area contributed by atoms with Gasteiger partial charge in [-0.25, -0.2) is 5.43 Å². The molecule has 0 aromatic carbocycles. The number of rotatable bonds is 11. The monoisotopic (exact) mass is 210 g/mol. The van der Waals surface area contributed by atoms with Crippen molar-refractivity contribution in [1.29, 1.82) is 0 Å². The minimum Gasteiger partial charge on any atom is -0.257 e. The van der Waals surface area contributed by atoms with Crippen LogP contribution < -0.4 is 66.6 Å². The number of hydrogen-bond donors (Lipinski definition) is 12. The zero-order valence-electron chi connectivity index (χ0n) is 7.78. The van der Waals surface area contributed by atoms with Gasteiger partial charge in [-0.3, -0.25) is 5.84 Å². The van der Waals surface area contributed by atoms with Gasteiger partial charge in [0.25, 0.3) is 0 Å². The molecule has 0 rings (SSSR count). The fourth-order valence-electron chi connectivity index (χ4n) is 0.387. The van der Waals surface area contributed by atoms with Crippen molar-refractivity contribution in [1.82, 2.24) is 60.8 Å². The molecule has 12 heteroatoms. The zero-order valence-corrected chi connectivity index (χ0v) is 7.78. The molecule has 0 bridgehead atoms. The predicted octanol–water partition coefficient (Wildman–Crippen LogP) is -5.48. The maximum absolute atomic E-state index is 4.87. The van der Waals surface area contributed by atoms with E-state index < -0.39 is 0 Å². The Morgan fingerprint density at radius 3 is 1.57 bits per heavy atom. The number of hydrogen-bond acceptors (Lipinski definition) is 12. The Morgan fingerprint density at radius 1 is 0.714 bits per heavy atom. The highest BCUT2D eigenvalue weighted by Crippen LogP contribution is 1.37. The van der Waals surface area contributed by atoms with E-state index in [9.17, 15) is 0 Å². The molecule has 0 amide bonds. The highest BCUT2D eigenvalue weighted by molar-refractivity contribution is 4.20. The molecule has 0 aliphatic carbocycles. The van der Waals surface area contributed by atoms with E-state index >= 15 is 0 Å². The summed E-state index contributed by atoms with van der Waals surface area (Å²) in [6, 6.07) is 0. The van der Waals surface area contributed by atoms with E-state index in [1.807, 2.05) is 6.92 Å². The van der Waals surface area contributed by atoms with Crippen LogP contribution in [0.1, 0.15) is 6.92 Å². The highest BCUT2D eigenvalue weighted by Gasteiger charge is 1.80. The standard InChI is InChI=1S/C2H18N12/c1-2-4-6-8-10-12-14-13-11-9-7-5-3/h4-14H,2-3H2,1H3. The molecule has 0 aliphatic heterocycles. The summed E-state index contributed by atoms with van der Waals surface area (Å²) in [5, 5.41) is 0. The minimum atomic E-state index is 0.795. The zero-order chi connectivity index (χ0) is 10.5. The Hall–Kier alpha value is -0.480. The van der Waals surface area contributed by atoms with Crippen LogP contribution in [-0.4, -0.2) is 6.54 Å². The van der Waals surface area contributed by atoms with Crippen molar-refractivity contribution in [2.45, 2.75) is 6.92 Å². The molecule has 0 aliphatic rings. The molecule has 0 saturated carbocycles. The number of nitrogens with two attached hydrogens (primary N) is 1. The molecule has 0 aromatic heterocycles. The van der Waals surface area contributed by atoms with E-state index in [1.165, 1.54) is 0 Å². The SMILES string of the molecule is CCNNNNNNNNNNNN. The van der Waals surface area contributed by atoms with Crippen molar-refractivity contribution in [2.75, 3.05) is 6.54 Å². The molecule has 0 heterocycles. The summed E-state index contributed by atoms with van der Waals surface area (Å²) in [6.45, 7) is 2.75. The van der Waals surface area contributed by atoms with Crippen molar-refractivity contribution in [3.8, 4) is 0 Å². The van der Waals surface area contributed by atoms with Gasteiger partial charge in [0.05, 0.1) is 0 Å². The van der Waals surface area contributed by atoms with Gasteiger partial charge < -0.3 is 0 Å². The Balaban J connectivity index is 2.78. The molecule has 0 saturated heterocycles. The molecular weight excluding hydrogens is 192 g/mol. The predicted molar refractivity (Wildman–Crippen MR) is 49.2 cm³/mol. The number of nitrogens with one attached hydrogen (secondary N) is 11. The lowest BCUT2D eigenvalue weighted by Crippen LogP contribution is -2.66. The van der Waals surface area contributed by atoms with Crippen molar-refractivity contribution >= 4 is 0 Å². The van der Waals surface area contributed by atoms with E-state index in [1.54, 1.807) is 0 Å². The summed E-state index contributed by atoms with van der Waals surface area (Å²) >= 11 is 0. The van der Waals surface area contributed by atoms with E-state index in [0.29, 0.717) is 0 Å². The van der Waals surface area contributed by atoms with E-state index in [0.717, 1.165) is 6.54 Å². The van der Waals surface area contributed by atoms with Crippen molar-refractivity contribution in [3.63, 3.8) is 0 Å². The quantitative estimate of drug-likeness (QED) is 0.0892. The van der Waals surface area contributed by atoms with E-state index in [-0.39, 0.29) is 0 Å². The maximum atomic E-state index is 4.87. The topological polar surface area (TPSA) is 158 Å². The van der Waals surface area contributed by atoms with Gasteiger partial charge in [-0.1, -0.05) is 6.92 Å². The third kappa shape index (κ3) is 11.5. The maximum Gasteiger partial charge on any atom is 0.00850 e. The molecule has 14 heavy (non-hydrogen) atoms. The van der Waals surface area contributed by atoms with Gasteiger partial charge in [0, 0.05) is 6.54 Å². The number of hydrazine groups is 11. The van der Waals surface area contributed by atoms with Crippen molar-refractivity contribution in [2.24, 2.45) is 5.84 Å². The van der Waals surface area contributed by atoms with E-state index in [4.69, 9.17) is 5.84 Å². The van der Waals surface area contributed by atoms with E-state index in [2.05, 4.69) is 60.8 Å². The third-order valence-corrected chi connectivity index (χ3v) is 0.837. The summed E-state index contributed by atoms with van der Waals surface area (Å²) in [4.78, 5) is 0. The first-order valence-electron chi connectivity index (χ1n) is 3.85. The summed E-state index contributed by atoms with van der Waals surface area (Å²) in [5.74, 6) is 4.87. The summed E-state index contributed by atoms with van der Waals surface area (Å²) < 4.78 is 0. The van der Waals surface area contributed by atoms with Crippen LogP contribution in [-0.2, 0) is 0 Å². The van der Waals surface area contributed by atoms with Crippen molar-refractivity contribution in [3.05, 3.63) is 0 Å². The summed E-state index contributed by atoms with van der Waals surface area (Å²) in [6.07, 6.45) is 0. The minimum absolute atomic E-state index is 0.795. The van der Waals surface area contributed by atoms with Gasteiger partial charge in [0.15, 0.2) is 0 Å². The molecule has 0 spiro atoms. The van der Waals surface area contributed by atoms with Crippen LogP contribution in [0.5, 0.6) is 0 Å². The second kappa shape index (κ2) is 12.5. The van der Waals surface area contributed by atoms with Crippen LogP contribution in [0.2, 0.25) is 0 Å². The summed E-state index contributed by atoms with van der Waals surface area (Å²) in [5.41, 5.74) is 27.4. The highest BCUT2D eigenvalue weighted by atomic mass is 16.0. The normalized spacial score (nSPS) is 10.7. The molecule has 0 fully saturated rings. The Labute approximate surface area is 81.2 Å². The second-order valence-corrected chi connectivity index (χ2v) is 1.80. The average Bonchev–Trinajstić information content (AvgIpc) is 2.21. The van der Waals surface area contributed by atoms with Crippen LogP contribution in [0.15, 0.2) is 0 Å². The first-order chi connectivity index (χ1) is 6.91. The van der Waals surface area contributed by atoms with Crippen molar-refractivity contribution < 1.29 is 0 Å². The van der Waals surface area contributed by atoms with Gasteiger partial charge in [0.1, 0.15) is 0 Å². The molecular formula is C2H18N12. The van der Waals surface area contributed by atoms with Gasteiger partial charge in [-0.15, -0.1) is 0 Å².